The first-order valence-electron chi connectivity index (χ1n) is 10.7. The fourth-order valence-electron chi connectivity index (χ4n) is 4.42. The predicted molar refractivity (Wildman–Crippen MR) is 117 cm³/mol. The van der Waals surface area contributed by atoms with Gasteiger partial charge in [-0.1, -0.05) is 0 Å². The van der Waals surface area contributed by atoms with Crippen molar-refractivity contribution in [3.63, 3.8) is 0 Å². The third kappa shape index (κ3) is 4.45. The van der Waals surface area contributed by atoms with E-state index in [1.165, 1.54) is 48.5 Å². The summed E-state index contributed by atoms with van der Waals surface area (Å²) in [6.07, 6.45) is 1.65. The van der Waals surface area contributed by atoms with Gasteiger partial charge in [-0.15, -0.1) is 0 Å². The molecule has 0 aliphatic carbocycles. The molecule has 0 amide bonds. The first kappa shape index (κ1) is 23.2. The van der Waals surface area contributed by atoms with Gasteiger partial charge in [0.15, 0.2) is 11.4 Å². The third-order valence-corrected chi connectivity index (χ3v) is 6.21. The molecule has 11 heteroatoms. The number of hydrogen-bond donors (Lipinski definition) is 2. The first-order chi connectivity index (χ1) is 15.7. The minimum atomic E-state index is -1.55. The van der Waals surface area contributed by atoms with Crippen molar-refractivity contribution in [3.8, 4) is 0 Å². The number of nitrogens with zero attached hydrogens (tertiary/aromatic N) is 2. The fourth-order valence-corrected chi connectivity index (χ4v) is 4.42. The van der Waals surface area contributed by atoms with Crippen LogP contribution in [0.15, 0.2) is 48.5 Å². The molecule has 0 saturated carbocycles. The fraction of sp³-hybridized carbons (Fsp3) is 0.455. The smallest absolute Gasteiger partial charge is 0.269 e. The van der Waals surface area contributed by atoms with E-state index in [4.69, 9.17) is 25.7 Å². The molecule has 4 rings (SSSR count). The number of nitro benzene ring substituents is 2. The molecular formula is C22H26N4O7. The Kier molecular flexibility index (Phi) is 6.41. The summed E-state index contributed by atoms with van der Waals surface area (Å²) in [5.74, 6) is 0. The molecule has 2 aliphatic heterocycles. The van der Waals surface area contributed by atoms with Crippen LogP contribution in [-0.2, 0) is 25.7 Å². The Labute approximate surface area is 189 Å². The Morgan fingerprint density at radius 1 is 0.758 bits per heavy atom. The summed E-state index contributed by atoms with van der Waals surface area (Å²) >= 11 is 0. The maximum atomic E-state index is 11.1. The second kappa shape index (κ2) is 9.12. The summed E-state index contributed by atoms with van der Waals surface area (Å²) in [5.41, 5.74) is 11.4. The lowest BCUT2D eigenvalue weighted by Crippen LogP contribution is -2.61. The van der Waals surface area contributed by atoms with Crippen LogP contribution >= 0.6 is 0 Å². The lowest BCUT2D eigenvalue weighted by Gasteiger charge is -2.45. The summed E-state index contributed by atoms with van der Waals surface area (Å²) in [7, 11) is 0. The molecule has 4 N–H and O–H groups in total. The number of hydrogen-bond acceptors (Lipinski definition) is 9. The second-order valence-corrected chi connectivity index (χ2v) is 8.30. The van der Waals surface area contributed by atoms with Crippen molar-refractivity contribution < 1.29 is 24.1 Å². The third-order valence-electron chi connectivity index (χ3n) is 6.21. The van der Waals surface area contributed by atoms with Crippen molar-refractivity contribution in [2.75, 3.05) is 13.2 Å². The standard InChI is InChI=1S/C22H26N4O7/c23-21(19-3-1-13-31-19,15-5-9-17(10-6-15)25(27)28)33-22(24,20-4-2-14-32-20)16-7-11-18(12-8-16)26(29)30/h5-12,19-20H,1-4,13-14,23-24H2. The molecule has 2 aromatic carbocycles. The van der Waals surface area contributed by atoms with Gasteiger partial charge in [-0.3, -0.25) is 31.7 Å². The highest BCUT2D eigenvalue weighted by Crippen LogP contribution is 2.42. The number of nitrogens with two attached hydrogens (primary N) is 2. The largest absolute Gasteiger partial charge is 0.373 e. The number of non-ortho nitro benzene ring substituents is 2. The molecule has 11 nitrogen and oxygen atoms in total. The van der Waals surface area contributed by atoms with E-state index in [-0.39, 0.29) is 11.4 Å². The summed E-state index contributed by atoms with van der Waals surface area (Å²) in [5, 5.41) is 22.2. The second-order valence-electron chi connectivity index (χ2n) is 8.30. The van der Waals surface area contributed by atoms with Crippen molar-refractivity contribution in [1.82, 2.24) is 0 Å². The van der Waals surface area contributed by atoms with Gasteiger partial charge < -0.3 is 14.2 Å². The van der Waals surface area contributed by atoms with E-state index in [0.29, 0.717) is 37.2 Å². The maximum absolute atomic E-state index is 11.1. The lowest BCUT2D eigenvalue weighted by atomic mass is 9.91. The van der Waals surface area contributed by atoms with Crippen molar-refractivity contribution in [2.24, 2.45) is 11.5 Å². The molecule has 2 saturated heterocycles. The molecule has 2 aliphatic rings. The Bertz CT molecular complexity index is 923. The normalized spacial score (nSPS) is 24.2. The first-order valence-corrected chi connectivity index (χ1v) is 10.7. The van der Waals surface area contributed by atoms with Crippen LogP contribution in [0.2, 0.25) is 0 Å². The van der Waals surface area contributed by atoms with Crippen LogP contribution in [-0.4, -0.2) is 35.3 Å². The number of rotatable bonds is 8. The van der Waals surface area contributed by atoms with Crippen LogP contribution in [0.3, 0.4) is 0 Å². The van der Waals surface area contributed by atoms with Crippen LogP contribution < -0.4 is 11.5 Å². The average Bonchev–Trinajstić information content (AvgIpc) is 3.54. The molecule has 0 bridgehead atoms. The van der Waals surface area contributed by atoms with Crippen LogP contribution in [0.1, 0.15) is 36.8 Å². The molecule has 0 spiro atoms. The molecule has 2 heterocycles. The molecular weight excluding hydrogens is 432 g/mol. The number of nitro groups is 2. The van der Waals surface area contributed by atoms with E-state index in [1.807, 2.05) is 0 Å². The van der Waals surface area contributed by atoms with Crippen LogP contribution in [0, 0.1) is 20.2 Å². The Morgan fingerprint density at radius 3 is 1.39 bits per heavy atom. The molecule has 0 aromatic heterocycles. The minimum absolute atomic E-state index is 0.0815. The molecule has 4 atom stereocenters. The summed E-state index contributed by atoms with van der Waals surface area (Å²) < 4.78 is 18.3. The van der Waals surface area contributed by atoms with Crippen molar-refractivity contribution in [3.05, 3.63) is 79.9 Å². The van der Waals surface area contributed by atoms with E-state index in [1.54, 1.807) is 0 Å². The van der Waals surface area contributed by atoms with E-state index in [9.17, 15) is 20.2 Å². The van der Waals surface area contributed by atoms with Gasteiger partial charge in [0, 0.05) is 48.6 Å². The van der Waals surface area contributed by atoms with Crippen molar-refractivity contribution >= 4 is 11.4 Å². The number of benzene rings is 2. The molecule has 4 unspecified atom stereocenters. The molecule has 0 radical (unpaired) electrons. The van der Waals surface area contributed by atoms with Gasteiger partial charge in [0.1, 0.15) is 12.2 Å². The van der Waals surface area contributed by atoms with Gasteiger partial charge in [-0.05, 0) is 49.9 Å². The summed E-state index contributed by atoms with van der Waals surface area (Å²) in [6, 6.07) is 11.5. The van der Waals surface area contributed by atoms with Crippen LogP contribution in [0.25, 0.3) is 0 Å². The maximum Gasteiger partial charge on any atom is 0.269 e. The average molecular weight is 458 g/mol. The molecule has 2 fully saturated rings. The van der Waals surface area contributed by atoms with Crippen molar-refractivity contribution in [1.29, 1.82) is 0 Å². The highest BCUT2D eigenvalue weighted by molar-refractivity contribution is 5.38. The van der Waals surface area contributed by atoms with Gasteiger partial charge in [-0.25, -0.2) is 0 Å². The van der Waals surface area contributed by atoms with Crippen LogP contribution in [0.5, 0.6) is 0 Å². The highest BCUT2D eigenvalue weighted by atomic mass is 16.6. The van der Waals surface area contributed by atoms with E-state index >= 15 is 0 Å². The zero-order valence-electron chi connectivity index (χ0n) is 17.9. The van der Waals surface area contributed by atoms with E-state index in [0.717, 1.165) is 12.8 Å². The topological polar surface area (TPSA) is 166 Å². The minimum Gasteiger partial charge on any atom is -0.373 e. The quantitative estimate of drug-likeness (QED) is 0.343. The van der Waals surface area contributed by atoms with Gasteiger partial charge in [0.2, 0.25) is 0 Å². The van der Waals surface area contributed by atoms with E-state index < -0.39 is 33.5 Å². The molecule has 2 aromatic rings. The highest BCUT2D eigenvalue weighted by Gasteiger charge is 2.51. The monoisotopic (exact) mass is 458 g/mol. The van der Waals surface area contributed by atoms with Gasteiger partial charge in [0.25, 0.3) is 11.4 Å². The lowest BCUT2D eigenvalue weighted by molar-refractivity contribution is -0.385. The SMILES string of the molecule is NC(OC(N)(c1ccc([N+](=O)[O-])cc1)C1CCCO1)(c1ccc([N+](=O)[O-])cc1)C1CCCO1. The Morgan fingerprint density at radius 2 is 1.12 bits per heavy atom. The van der Waals surface area contributed by atoms with Crippen LogP contribution in [0.4, 0.5) is 11.4 Å². The summed E-state index contributed by atoms with van der Waals surface area (Å²) in [4.78, 5) is 21.2. The van der Waals surface area contributed by atoms with Gasteiger partial charge in [-0.2, -0.15) is 0 Å². The zero-order chi connectivity index (χ0) is 23.6. The molecule has 176 valence electrons. The summed E-state index contributed by atoms with van der Waals surface area (Å²) in [6.45, 7) is 0.990. The Hall–Kier alpha value is -2.96. The number of ether oxygens (including phenoxy) is 3. The van der Waals surface area contributed by atoms with Crippen molar-refractivity contribution in [2.45, 2.75) is 49.3 Å². The van der Waals surface area contributed by atoms with E-state index in [2.05, 4.69) is 0 Å². The Balaban J connectivity index is 1.77. The van der Waals surface area contributed by atoms with Gasteiger partial charge >= 0.3 is 0 Å². The predicted octanol–water partition coefficient (Wildman–Crippen LogP) is 2.80. The van der Waals surface area contributed by atoms with Gasteiger partial charge in [0.05, 0.1) is 9.85 Å². The zero-order valence-corrected chi connectivity index (χ0v) is 17.9. The molecule has 33 heavy (non-hydrogen) atoms.